The Bertz CT molecular complexity index is 1060. The highest BCUT2D eigenvalue weighted by molar-refractivity contribution is 5.95. The van der Waals surface area contributed by atoms with Gasteiger partial charge in [0.2, 0.25) is 5.89 Å². The van der Waals surface area contributed by atoms with Crippen LogP contribution in [0.2, 0.25) is 0 Å². The topological polar surface area (TPSA) is 78.7 Å². The van der Waals surface area contributed by atoms with Crippen LogP contribution in [0.3, 0.4) is 0 Å². The van der Waals surface area contributed by atoms with Crippen molar-refractivity contribution in [2.45, 2.75) is 26.2 Å². The summed E-state index contributed by atoms with van der Waals surface area (Å²) in [7, 11) is 0. The predicted octanol–water partition coefficient (Wildman–Crippen LogP) is 4.12. The Balaban J connectivity index is 1.37. The van der Waals surface area contributed by atoms with Gasteiger partial charge in [-0.05, 0) is 30.3 Å². The molecule has 7 heteroatoms. The SMILES string of the molecule is CC(C)(C)c1nc2cc(NC(=O)N3CCN(C(=O)c4ccccc4)CC3)ccc2o1. The van der Waals surface area contributed by atoms with E-state index in [1.807, 2.05) is 69.3 Å². The van der Waals surface area contributed by atoms with Crippen molar-refractivity contribution < 1.29 is 14.0 Å². The number of benzene rings is 2. The van der Waals surface area contributed by atoms with E-state index in [0.29, 0.717) is 48.9 Å². The first-order valence-electron chi connectivity index (χ1n) is 10.1. The molecule has 0 unspecified atom stereocenters. The molecule has 7 nitrogen and oxygen atoms in total. The van der Waals surface area contributed by atoms with Gasteiger partial charge >= 0.3 is 6.03 Å². The maximum absolute atomic E-state index is 12.7. The summed E-state index contributed by atoms with van der Waals surface area (Å²) < 4.78 is 5.81. The van der Waals surface area contributed by atoms with Gasteiger partial charge in [0.15, 0.2) is 5.58 Å². The second-order valence-electron chi connectivity index (χ2n) is 8.53. The summed E-state index contributed by atoms with van der Waals surface area (Å²) >= 11 is 0. The number of urea groups is 1. The van der Waals surface area contributed by atoms with Crippen LogP contribution in [0.5, 0.6) is 0 Å². The van der Waals surface area contributed by atoms with Crippen LogP contribution in [0.25, 0.3) is 11.1 Å². The zero-order chi connectivity index (χ0) is 21.3. The van der Waals surface area contributed by atoms with E-state index in [1.54, 1.807) is 9.80 Å². The minimum Gasteiger partial charge on any atom is -0.440 e. The molecule has 0 radical (unpaired) electrons. The van der Waals surface area contributed by atoms with Gasteiger partial charge in [0.1, 0.15) is 5.52 Å². The van der Waals surface area contributed by atoms with Crippen LogP contribution in [0.1, 0.15) is 37.0 Å². The first-order chi connectivity index (χ1) is 14.3. The van der Waals surface area contributed by atoms with Crippen molar-refractivity contribution in [2.24, 2.45) is 0 Å². The second kappa shape index (κ2) is 7.82. The maximum atomic E-state index is 12.7. The number of carbonyl (C=O) groups excluding carboxylic acids is 2. The molecule has 0 spiro atoms. The second-order valence-corrected chi connectivity index (χ2v) is 8.53. The van der Waals surface area contributed by atoms with E-state index in [1.165, 1.54) is 0 Å². The number of hydrogen-bond acceptors (Lipinski definition) is 4. The largest absolute Gasteiger partial charge is 0.440 e. The first kappa shape index (κ1) is 19.9. The maximum Gasteiger partial charge on any atom is 0.321 e. The van der Waals surface area contributed by atoms with E-state index in [2.05, 4.69) is 10.3 Å². The summed E-state index contributed by atoms with van der Waals surface area (Å²) in [5, 5.41) is 2.93. The van der Waals surface area contributed by atoms with Gasteiger partial charge in [-0.15, -0.1) is 0 Å². The summed E-state index contributed by atoms with van der Waals surface area (Å²) in [4.78, 5) is 33.3. The molecule has 2 aromatic carbocycles. The number of rotatable bonds is 2. The van der Waals surface area contributed by atoms with E-state index in [0.717, 1.165) is 5.52 Å². The smallest absolute Gasteiger partial charge is 0.321 e. The average molecular weight is 406 g/mol. The number of anilines is 1. The lowest BCUT2D eigenvalue weighted by Gasteiger charge is -2.34. The third-order valence-corrected chi connectivity index (χ3v) is 5.16. The number of nitrogens with one attached hydrogen (secondary N) is 1. The van der Waals surface area contributed by atoms with Crippen molar-refractivity contribution in [1.82, 2.24) is 14.8 Å². The van der Waals surface area contributed by atoms with Crippen LogP contribution in [-0.2, 0) is 5.41 Å². The molecule has 0 atom stereocenters. The number of carbonyl (C=O) groups is 2. The van der Waals surface area contributed by atoms with Gasteiger partial charge in [0.05, 0.1) is 0 Å². The number of nitrogens with zero attached hydrogens (tertiary/aromatic N) is 3. The van der Waals surface area contributed by atoms with Crippen LogP contribution >= 0.6 is 0 Å². The van der Waals surface area contributed by atoms with Crippen LogP contribution in [0.15, 0.2) is 52.9 Å². The fourth-order valence-electron chi connectivity index (χ4n) is 3.40. The van der Waals surface area contributed by atoms with Gasteiger partial charge in [0.25, 0.3) is 5.91 Å². The molecule has 1 aliphatic rings. The lowest BCUT2D eigenvalue weighted by atomic mass is 9.97. The van der Waals surface area contributed by atoms with Gasteiger partial charge in [-0.3, -0.25) is 4.79 Å². The third-order valence-electron chi connectivity index (χ3n) is 5.16. The lowest BCUT2D eigenvalue weighted by molar-refractivity contribution is 0.0671. The van der Waals surface area contributed by atoms with E-state index >= 15 is 0 Å². The molecule has 0 aliphatic carbocycles. The number of piperazine rings is 1. The van der Waals surface area contributed by atoms with E-state index in [-0.39, 0.29) is 17.4 Å². The highest BCUT2D eigenvalue weighted by atomic mass is 16.3. The zero-order valence-corrected chi connectivity index (χ0v) is 17.5. The van der Waals surface area contributed by atoms with E-state index < -0.39 is 0 Å². The van der Waals surface area contributed by atoms with Crippen molar-refractivity contribution in [2.75, 3.05) is 31.5 Å². The van der Waals surface area contributed by atoms with Crippen molar-refractivity contribution in [1.29, 1.82) is 0 Å². The molecule has 1 N–H and O–H groups in total. The fourth-order valence-corrected chi connectivity index (χ4v) is 3.40. The number of fused-ring (bicyclic) bond motifs is 1. The molecule has 0 saturated carbocycles. The minimum atomic E-state index is -0.181. The van der Waals surface area contributed by atoms with Gasteiger partial charge in [-0.25, -0.2) is 9.78 Å². The number of amides is 3. The molecule has 4 rings (SSSR count). The molecule has 1 aliphatic heterocycles. The van der Waals surface area contributed by atoms with Crippen molar-refractivity contribution in [3.63, 3.8) is 0 Å². The van der Waals surface area contributed by atoms with Crippen molar-refractivity contribution >= 4 is 28.7 Å². The van der Waals surface area contributed by atoms with E-state index in [9.17, 15) is 9.59 Å². The molecule has 3 amide bonds. The van der Waals surface area contributed by atoms with Crippen LogP contribution in [0.4, 0.5) is 10.5 Å². The molecule has 30 heavy (non-hydrogen) atoms. The lowest BCUT2D eigenvalue weighted by Crippen LogP contribution is -2.51. The van der Waals surface area contributed by atoms with Crippen molar-refractivity contribution in [3.05, 3.63) is 60.0 Å². The van der Waals surface area contributed by atoms with Gasteiger partial charge in [-0.1, -0.05) is 39.0 Å². The molecule has 0 bridgehead atoms. The van der Waals surface area contributed by atoms with Crippen LogP contribution in [-0.4, -0.2) is 52.9 Å². The Hall–Kier alpha value is -3.35. The van der Waals surface area contributed by atoms with Gasteiger partial charge in [-0.2, -0.15) is 0 Å². The number of hydrogen-bond donors (Lipinski definition) is 1. The summed E-state index contributed by atoms with van der Waals surface area (Å²) in [5.41, 5.74) is 2.58. The highest BCUT2D eigenvalue weighted by Gasteiger charge is 2.25. The average Bonchev–Trinajstić information content (AvgIpc) is 3.18. The summed E-state index contributed by atoms with van der Waals surface area (Å²) in [6.45, 7) is 8.14. The first-order valence-corrected chi connectivity index (χ1v) is 10.1. The summed E-state index contributed by atoms with van der Waals surface area (Å²) in [5.74, 6) is 0.668. The predicted molar refractivity (Wildman–Crippen MR) is 116 cm³/mol. The normalized spacial score (nSPS) is 14.8. The minimum absolute atomic E-state index is 0.00166. The molecular weight excluding hydrogens is 380 g/mol. The number of oxazole rings is 1. The summed E-state index contributed by atoms with van der Waals surface area (Å²) in [6.07, 6.45) is 0. The Morgan fingerprint density at radius 1 is 0.967 bits per heavy atom. The molecule has 3 aromatic rings. The Morgan fingerprint density at radius 3 is 2.30 bits per heavy atom. The van der Waals surface area contributed by atoms with Crippen LogP contribution in [0, 0.1) is 0 Å². The molecule has 156 valence electrons. The molecule has 1 saturated heterocycles. The monoisotopic (exact) mass is 406 g/mol. The standard InChI is InChI=1S/C23H26N4O3/c1-23(2,3)21-25-18-15-17(9-10-19(18)30-21)24-22(29)27-13-11-26(12-14-27)20(28)16-7-5-4-6-8-16/h4-10,15H,11-14H2,1-3H3,(H,24,29). The quantitative estimate of drug-likeness (QED) is 0.694. The molecule has 1 aromatic heterocycles. The third kappa shape index (κ3) is 4.15. The summed E-state index contributed by atoms with van der Waals surface area (Å²) in [6, 6.07) is 14.5. The number of aromatic nitrogens is 1. The van der Waals surface area contributed by atoms with E-state index in [4.69, 9.17) is 4.42 Å². The molecule has 2 heterocycles. The van der Waals surface area contributed by atoms with Crippen LogP contribution < -0.4 is 5.32 Å². The highest BCUT2D eigenvalue weighted by Crippen LogP contribution is 2.27. The Labute approximate surface area is 175 Å². The Morgan fingerprint density at radius 2 is 1.63 bits per heavy atom. The zero-order valence-electron chi connectivity index (χ0n) is 17.5. The molecular formula is C23H26N4O3. The van der Waals surface area contributed by atoms with Crippen molar-refractivity contribution in [3.8, 4) is 0 Å². The molecule has 1 fully saturated rings. The Kier molecular flexibility index (Phi) is 5.20. The van der Waals surface area contributed by atoms with Gasteiger partial charge < -0.3 is 19.5 Å². The fraction of sp³-hybridized carbons (Fsp3) is 0.348. The van der Waals surface area contributed by atoms with Gasteiger partial charge in [0, 0.05) is 42.8 Å².